The van der Waals surface area contributed by atoms with E-state index < -0.39 is 0 Å². The van der Waals surface area contributed by atoms with Crippen LogP contribution in [0.25, 0.3) is 0 Å². The molecule has 0 amide bonds. The maximum atomic E-state index is 6.07. The smallest absolute Gasteiger partial charge is 0.122 e. The fourth-order valence-electron chi connectivity index (χ4n) is 2.07. The first-order valence-electron chi connectivity index (χ1n) is 7.26. The summed E-state index contributed by atoms with van der Waals surface area (Å²) in [7, 11) is 0. The Labute approximate surface area is 131 Å². The number of nitrogens with two attached hydrogens (primary N) is 1. The number of rotatable bonds is 6. The van der Waals surface area contributed by atoms with Gasteiger partial charge in [-0.05, 0) is 56.0 Å². The molecule has 112 valence electrons. The number of thioether (sulfide) groups is 1. The first kappa shape index (κ1) is 15.8. The van der Waals surface area contributed by atoms with Crippen molar-refractivity contribution in [1.29, 1.82) is 0 Å². The van der Waals surface area contributed by atoms with E-state index in [2.05, 4.69) is 44.2 Å². The summed E-state index contributed by atoms with van der Waals surface area (Å²) in [6.45, 7) is 6.95. The molecule has 2 aromatic carbocycles. The van der Waals surface area contributed by atoms with Crippen LogP contribution < -0.4 is 10.5 Å². The minimum Gasteiger partial charge on any atom is -0.493 e. The molecule has 0 spiro atoms. The summed E-state index contributed by atoms with van der Waals surface area (Å²) in [5.41, 5.74) is 10.5. The molecule has 2 N–H and O–H groups in total. The standard InChI is InChI=1S/C18H23NOS/c1-13-8-9-14(2)16(12-13)20-10-5-11-21-17-7-4-6-15(3)18(17)19/h4,6-9,12H,5,10-11,19H2,1-3H3. The molecule has 0 aromatic heterocycles. The molecule has 0 heterocycles. The van der Waals surface area contributed by atoms with Crippen LogP contribution in [0.4, 0.5) is 5.69 Å². The summed E-state index contributed by atoms with van der Waals surface area (Å²) in [5.74, 6) is 2.01. The van der Waals surface area contributed by atoms with E-state index in [0.717, 1.165) is 35.8 Å². The van der Waals surface area contributed by atoms with Crippen molar-refractivity contribution in [3.05, 3.63) is 53.1 Å². The summed E-state index contributed by atoms with van der Waals surface area (Å²) in [6.07, 6.45) is 1.01. The Kier molecular flexibility index (Phi) is 5.57. The Balaban J connectivity index is 1.78. The van der Waals surface area contributed by atoms with Crippen molar-refractivity contribution in [2.24, 2.45) is 0 Å². The highest BCUT2D eigenvalue weighted by Gasteiger charge is 2.03. The number of benzene rings is 2. The summed E-state index contributed by atoms with van der Waals surface area (Å²) < 4.78 is 5.86. The Morgan fingerprint density at radius 2 is 1.86 bits per heavy atom. The third-order valence-electron chi connectivity index (χ3n) is 3.43. The molecule has 0 unspecified atom stereocenters. The number of ether oxygens (including phenoxy) is 1. The van der Waals surface area contributed by atoms with E-state index in [9.17, 15) is 0 Å². The highest BCUT2D eigenvalue weighted by atomic mass is 32.2. The quantitative estimate of drug-likeness (QED) is 0.475. The van der Waals surface area contributed by atoms with Gasteiger partial charge in [-0.1, -0.05) is 24.3 Å². The van der Waals surface area contributed by atoms with E-state index in [4.69, 9.17) is 10.5 Å². The van der Waals surface area contributed by atoms with Gasteiger partial charge in [0.1, 0.15) is 5.75 Å². The molecule has 0 atom stereocenters. The van der Waals surface area contributed by atoms with E-state index in [0.29, 0.717) is 0 Å². The van der Waals surface area contributed by atoms with Gasteiger partial charge in [-0.2, -0.15) is 0 Å². The Morgan fingerprint density at radius 3 is 2.67 bits per heavy atom. The SMILES string of the molecule is Cc1ccc(C)c(OCCCSc2cccc(C)c2N)c1. The average Bonchev–Trinajstić information content (AvgIpc) is 2.46. The van der Waals surface area contributed by atoms with Gasteiger partial charge in [-0.25, -0.2) is 0 Å². The molecule has 3 heteroatoms. The van der Waals surface area contributed by atoms with Crippen LogP contribution in [-0.2, 0) is 0 Å². The second-order valence-corrected chi connectivity index (χ2v) is 6.44. The van der Waals surface area contributed by atoms with E-state index in [1.165, 1.54) is 16.0 Å². The predicted molar refractivity (Wildman–Crippen MR) is 92.3 cm³/mol. The van der Waals surface area contributed by atoms with Crippen LogP contribution in [0.3, 0.4) is 0 Å². The lowest BCUT2D eigenvalue weighted by atomic mass is 10.1. The van der Waals surface area contributed by atoms with Crippen molar-refractivity contribution >= 4 is 17.4 Å². The Bertz CT molecular complexity index is 606. The highest BCUT2D eigenvalue weighted by Crippen LogP contribution is 2.28. The zero-order valence-corrected chi connectivity index (χ0v) is 13.8. The van der Waals surface area contributed by atoms with Gasteiger partial charge in [0.05, 0.1) is 6.61 Å². The first-order chi connectivity index (χ1) is 10.1. The van der Waals surface area contributed by atoms with E-state index in [-0.39, 0.29) is 0 Å². The first-order valence-corrected chi connectivity index (χ1v) is 8.24. The second kappa shape index (κ2) is 7.41. The number of aryl methyl sites for hydroxylation is 3. The highest BCUT2D eigenvalue weighted by molar-refractivity contribution is 7.99. The van der Waals surface area contributed by atoms with E-state index in [1.54, 1.807) is 11.8 Å². The van der Waals surface area contributed by atoms with Crippen LogP contribution in [0.5, 0.6) is 5.75 Å². The lowest BCUT2D eigenvalue weighted by Crippen LogP contribution is -2.01. The summed E-state index contributed by atoms with van der Waals surface area (Å²) in [4.78, 5) is 1.17. The van der Waals surface area contributed by atoms with Gasteiger partial charge in [0.25, 0.3) is 0 Å². The minimum absolute atomic E-state index is 0.739. The second-order valence-electron chi connectivity index (χ2n) is 5.31. The zero-order valence-electron chi connectivity index (χ0n) is 13.0. The van der Waals surface area contributed by atoms with Crippen molar-refractivity contribution in [1.82, 2.24) is 0 Å². The molecule has 2 nitrogen and oxygen atoms in total. The largest absolute Gasteiger partial charge is 0.493 e. The predicted octanol–water partition coefficient (Wildman–Crippen LogP) is 4.76. The van der Waals surface area contributed by atoms with Gasteiger partial charge in [0.15, 0.2) is 0 Å². The van der Waals surface area contributed by atoms with Gasteiger partial charge in [-0.3, -0.25) is 0 Å². The maximum absolute atomic E-state index is 6.07. The molecule has 0 bridgehead atoms. The molecule has 21 heavy (non-hydrogen) atoms. The van der Waals surface area contributed by atoms with Gasteiger partial charge < -0.3 is 10.5 Å². The van der Waals surface area contributed by atoms with Gasteiger partial charge in [0.2, 0.25) is 0 Å². The monoisotopic (exact) mass is 301 g/mol. The fourth-order valence-corrected chi connectivity index (χ4v) is 3.04. The van der Waals surface area contributed by atoms with Crippen molar-refractivity contribution in [3.63, 3.8) is 0 Å². The molecular weight excluding hydrogens is 278 g/mol. The Hall–Kier alpha value is -1.61. The summed E-state index contributed by atoms with van der Waals surface area (Å²) in [5, 5.41) is 0. The van der Waals surface area contributed by atoms with Crippen molar-refractivity contribution in [2.45, 2.75) is 32.1 Å². The molecule has 0 fully saturated rings. The van der Waals surface area contributed by atoms with Crippen LogP contribution in [0.1, 0.15) is 23.1 Å². The van der Waals surface area contributed by atoms with Gasteiger partial charge in [0, 0.05) is 16.3 Å². The van der Waals surface area contributed by atoms with Gasteiger partial charge >= 0.3 is 0 Å². The lowest BCUT2D eigenvalue weighted by Gasteiger charge is -2.10. The fraction of sp³-hybridized carbons (Fsp3) is 0.333. The number of hydrogen-bond acceptors (Lipinski definition) is 3. The summed E-state index contributed by atoms with van der Waals surface area (Å²) in [6, 6.07) is 12.5. The molecule has 0 aliphatic rings. The topological polar surface area (TPSA) is 35.2 Å². The van der Waals surface area contributed by atoms with Crippen LogP contribution in [0.15, 0.2) is 41.3 Å². The number of hydrogen-bond donors (Lipinski definition) is 1. The van der Waals surface area contributed by atoms with Gasteiger partial charge in [-0.15, -0.1) is 11.8 Å². The number of anilines is 1. The molecule has 0 saturated carbocycles. The van der Waals surface area contributed by atoms with Crippen LogP contribution >= 0.6 is 11.8 Å². The average molecular weight is 301 g/mol. The van der Waals surface area contributed by atoms with E-state index in [1.807, 2.05) is 13.0 Å². The zero-order chi connectivity index (χ0) is 15.2. The van der Waals surface area contributed by atoms with Crippen molar-refractivity contribution in [2.75, 3.05) is 18.1 Å². The molecule has 2 aromatic rings. The molecule has 0 saturated heterocycles. The third kappa shape index (κ3) is 4.43. The normalized spacial score (nSPS) is 10.6. The van der Waals surface area contributed by atoms with Crippen molar-refractivity contribution in [3.8, 4) is 5.75 Å². The Morgan fingerprint density at radius 1 is 1.05 bits per heavy atom. The van der Waals surface area contributed by atoms with Crippen molar-refractivity contribution < 1.29 is 4.74 Å². The van der Waals surface area contributed by atoms with E-state index >= 15 is 0 Å². The number of para-hydroxylation sites is 1. The maximum Gasteiger partial charge on any atom is 0.122 e. The van der Waals surface area contributed by atoms with Crippen LogP contribution in [0.2, 0.25) is 0 Å². The molecule has 0 radical (unpaired) electrons. The third-order valence-corrected chi connectivity index (χ3v) is 4.59. The number of nitrogen functional groups attached to an aromatic ring is 1. The molecule has 0 aliphatic heterocycles. The lowest BCUT2D eigenvalue weighted by molar-refractivity contribution is 0.316. The molecular formula is C18H23NOS. The molecule has 0 aliphatic carbocycles. The minimum atomic E-state index is 0.739. The van der Waals surface area contributed by atoms with Crippen LogP contribution in [0, 0.1) is 20.8 Å². The van der Waals surface area contributed by atoms with Crippen LogP contribution in [-0.4, -0.2) is 12.4 Å². The molecule has 2 rings (SSSR count). The summed E-state index contributed by atoms with van der Waals surface area (Å²) >= 11 is 1.80.